The standard InChI is InChI=1S/C8H9N3.C2HF3O2/c9-5-6-1-3-10-8-7(6)2-4-11-8;3-2(4,5)1(6)7/h1-4H,5,9H2,(H,10,11);(H,6,7). The lowest BCUT2D eigenvalue weighted by molar-refractivity contribution is -0.192. The van der Waals surface area contributed by atoms with Crippen LogP contribution in [0.2, 0.25) is 0 Å². The molecule has 0 saturated heterocycles. The number of hydrogen-bond acceptors (Lipinski definition) is 3. The van der Waals surface area contributed by atoms with Gasteiger partial charge in [-0.2, -0.15) is 13.2 Å². The number of alkyl halides is 3. The molecule has 2 heterocycles. The van der Waals surface area contributed by atoms with Crippen molar-refractivity contribution in [2.24, 2.45) is 5.73 Å². The molecule has 2 aromatic rings. The quantitative estimate of drug-likeness (QED) is 0.727. The lowest BCUT2D eigenvalue weighted by Gasteiger charge is -1.96. The van der Waals surface area contributed by atoms with Crippen molar-refractivity contribution in [3.63, 3.8) is 0 Å². The molecule has 0 amide bonds. The van der Waals surface area contributed by atoms with Gasteiger partial charge in [0.25, 0.3) is 0 Å². The molecule has 0 aliphatic heterocycles. The molecule has 0 bridgehead atoms. The van der Waals surface area contributed by atoms with Gasteiger partial charge in [-0.15, -0.1) is 0 Å². The predicted octanol–water partition coefficient (Wildman–Crippen LogP) is 1.65. The van der Waals surface area contributed by atoms with Crippen LogP contribution in [0.4, 0.5) is 13.2 Å². The van der Waals surface area contributed by atoms with E-state index in [2.05, 4.69) is 9.97 Å². The first kappa shape index (κ1) is 14.0. The number of nitrogens with zero attached hydrogens (tertiary/aromatic N) is 1. The summed E-state index contributed by atoms with van der Waals surface area (Å²) < 4.78 is 31.7. The fourth-order valence-electron chi connectivity index (χ4n) is 1.20. The molecule has 2 aromatic heterocycles. The maximum Gasteiger partial charge on any atom is 0.490 e. The highest BCUT2D eigenvalue weighted by Gasteiger charge is 2.38. The van der Waals surface area contributed by atoms with E-state index in [1.807, 2.05) is 18.3 Å². The zero-order chi connectivity index (χ0) is 13.8. The van der Waals surface area contributed by atoms with Gasteiger partial charge >= 0.3 is 12.1 Å². The molecule has 4 N–H and O–H groups in total. The fourth-order valence-corrected chi connectivity index (χ4v) is 1.20. The second-order valence-corrected chi connectivity index (χ2v) is 3.22. The number of aliphatic carboxylic acids is 1. The number of carbonyl (C=O) groups is 1. The van der Waals surface area contributed by atoms with E-state index in [9.17, 15) is 13.2 Å². The topological polar surface area (TPSA) is 92.0 Å². The summed E-state index contributed by atoms with van der Waals surface area (Å²) in [6, 6.07) is 3.93. The Morgan fingerprint density at radius 3 is 2.56 bits per heavy atom. The van der Waals surface area contributed by atoms with Crippen LogP contribution in [-0.2, 0) is 11.3 Å². The molecule has 8 heteroatoms. The van der Waals surface area contributed by atoms with Gasteiger partial charge in [-0.3, -0.25) is 0 Å². The van der Waals surface area contributed by atoms with Crippen molar-refractivity contribution in [2.45, 2.75) is 12.7 Å². The Kier molecular flexibility index (Phi) is 4.27. The first-order valence-corrected chi connectivity index (χ1v) is 4.77. The van der Waals surface area contributed by atoms with Crippen molar-refractivity contribution in [2.75, 3.05) is 0 Å². The third kappa shape index (κ3) is 3.45. The first-order valence-electron chi connectivity index (χ1n) is 4.77. The highest BCUT2D eigenvalue weighted by atomic mass is 19.4. The van der Waals surface area contributed by atoms with E-state index in [4.69, 9.17) is 15.6 Å². The second-order valence-electron chi connectivity index (χ2n) is 3.22. The van der Waals surface area contributed by atoms with Crippen LogP contribution in [-0.4, -0.2) is 27.2 Å². The maximum atomic E-state index is 10.6. The SMILES string of the molecule is NCc1ccnc2[nH]ccc12.O=C(O)C(F)(F)F. The molecule has 2 rings (SSSR count). The van der Waals surface area contributed by atoms with Gasteiger partial charge in [0.1, 0.15) is 5.65 Å². The number of rotatable bonds is 1. The van der Waals surface area contributed by atoms with Crippen molar-refractivity contribution in [3.8, 4) is 0 Å². The van der Waals surface area contributed by atoms with Crippen LogP contribution in [0.15, 0.2) is 24.5 Å². The normalized spacial score (nSPS) is 10.9. The van der Waals surface area contributed by atoms with Gasteiger partial charge in [-0.05, 0) is 17.7 Å². The van der Waals surface area contributed by atoms with Crippen molar-refractivity contribution < 1.29 is 23.1 Å². The molecular formula is C10H10F3N3O2. The zero-order valence-corrected chi connectivity index (χ0v) is 9.03. The average molecular weight is 261 g/mol. The summed E-state index contributed by atoms with van der Waals surface area (Å²) in [6.45, 7) is 0.566. The number of carboxylic acids is 1. The molecule has 18 heavy (non-hydrogen) atoms. The van der Waals surface area contributed by atoms with E-state index in [0.717, 1.165) is 16.6 Å². The smallest absolute Gasteiger partial charge is 0.475 e. The predicted molar refractivity (Wildman–Crippen MR) is 57.7 cm³/mol. The van der Waals surface area contributed by atoms with Crippen molar-refractivity contribution >= 4 is 17.0 Å². The summed E-state index contributed by atoms with van der Waals surface area (Å²) in [6.07, 6.45) is -1.45. The number of aromatic nitrogens is 2. The van der Waals surface area contributed by atoms with Gasteiger partial charge in [0.05, 0.1) is 0 Å². The molecule has 5 nitrogen and oxygen atoms in total. The number of carboxylic acid groups (broad SMARTS) is 1. The van der Waals surface area contributed by atoms with E-state index in [1.54, 1.807) is 6.20 Å². The van der Waals surface area contributed by atoms with Crippen molar-refractivity contribution in [3.05, 3.63) is 30.1 Å². The second kappa shape index (κ2) is 5.50. The Morgan fingerprint density at radius 2 is 2.06 bits per heavy atom. The van der Waals surface area contributed by atoms with Gasteiger partial charge < -0.3 is 15.8 Å². The average Bonchev–Trinajstić information content (AvgIpc) is 2.76. The number of halogens is 3. The lowest BCUT2D eigenvalue weighted by atomic mass is 10.2. The summed E-state index contributed by atoms with van der Waals surface area (Å²) >= 11 is 0. The van der Waals surface area contributed by atoms with E-state index < -0.39 is 12.1 Å². The Morgan fingerprint density at radius 1 is 1.44 bits per heavy atom. The Balaban J connectivity index is 0.000000203. The summed E-state index contributed by atoms with van der Waals surface area (Å²) in [5.74, 6) is -2.76. The fraction of sp³-hybridized carbons (Fsp3) is 0.200. The van der Waals surface area contributed by atoms with Crippen LogP contribution in [0.25, 0.3) is 11.0 Å². The van der Waals surface area contributed by atoms with Gasteiger partial charge in [0.2, 0.25) is 0 Å². The molecule has 0 aromatic carbocycles. The minimum atomic E-state index is -5.08. The van der Waals surface area contributed by atoms with Gasteiger partial charge in [0, 0.05) is 24.3 Å². The van der Waals surface area contributed by atoms with E-state index in [0.29, 0.717) is 6.54 Å². The largest absolute Gasteiger partial charge is 0.490 e. The van der Waals surface area contributed by atoms with Crippen LogP contribution >= 0.6 is 0 Å². The molecule has 0 atom stereocenters. The third-order valence-corrected chi connectivity index (χ3v) is 2.01. The van der Waals surface area contributed by atoms with E-state index in [1.165, 1.54) is 0 Å². The molecule has 0 spiro atoms. The van der Waals surface area contributed by atoms with E-state index >= 15 is 0 Å². The molecule has 0 radical (unpaired) electrons. The lowest BCUT2D eigenvalue weighted by Crippen LogP contribution is -2.21. The molecule has 0 saturated carbocycles. The molecule has 0 aliphatic rings. The summed E-state index contributed by atoms with van der Waals surface area (Å²) in [5.41, 5.74) is 7.58. The van der Waals surface area contributed by atoms with Gasteiger partial charge in [-0.25, -0.2) is 9.78 Å². The molecule has 0 fully saturated rings. The summed E-state index contributed by atoms with van der Waals surface area (Å²) in [7, 11) is 0. The number of hydrogen-bond donors (Lipinski definition) is 3. The monoisotopic (exact) mass is 261 g/mol. The van der Waals surface area contributed by atoms with Crippen LogP contribution < -0.4 is 5.73 Å². The van der Waals surface area contributed by atoms with Crippen LogP contribution in [0.1, 0.15) is 5.56 Å². The van der Waals surface area contributed by atoms with Gasteiger partial charge in [0.15, 0.2) is 0 Å². The van der Waals surface area contributed by atoms with Gasteiger partial charge in [-0.1, -0.05) is 0 Å². The number of aromatic amines is 1. The molecule has 0 unspecified atom stereocenters. The number of pyridine rings is 1. The van der Waals surface area contributed by atoms with Crippen molar-refractivity contribution in [1.82, 2.24) is 9.97 Å². The highest BCUT2D eigenvalue weighted by molar-refractivity contribution is 5.78. The Bertz CT molecular complexity index is 536. The first-order chi connectivity index (χ1) is 8.36. The Hall–Kier alpha value is -2.09. The minimum Gasteiger partial charge on any atom is -0.475 e. The Labute approximate surface area is 99.4 Å². The summed E-state index contributed by atoms with van der Waals surface area (Å²) in [4.78, 5) is 16.1. The number of nitrogens with one attached hydrogen (secondary N) is 1. The van der Waals surface area contributed by atoms with Crippen LogP contribution in [0, 0.1) is 0 Å². The van der Waals surface area contributed by atoms with Crippen LogP contribution in [0.5, 0.6) is 0 Å². The number of fused-ring (bicyclic) bond motifs is 1. The number of nitrogens with two attached hydrogens (primary N) is 1. The van der Waals surface area contributed by atoms with Crippen molar-refractivity contribution in [1.29, 1.82) is 0 Å². The van der Waals surface area contributed by atoms with Crippen LogP contribution in [0.3, 0.4) is 0 Å². The third-order valence-electron chi connectivity index (χ3n) is 2.01. The molecule has 98 valence electrons. The highest BCUT2D eigenvalue weighted by Crippen LogP contribution is 2.14. The zero-order valence-electron chi connectivity index (χ0n) is 9.03. The molecular weight excluding hydrogens is 251 g/mol. The molecule has 0 aliphatic carbocycles. The van der Waals surface area contributed by atoms with E-state index in [-0.39, 0.29) is 0 Å². The summed E-state index contributed by atoms with van der Waals surface area (Å²) in [5, 5.41) is 8.25. The minimum absolute atomic E-state index is 0.566. The number of H-pyrrole nitrogens is 1. The maximum absolute atomic E-state index is 10.6.